The van der Waals surface area contributed by atoms with E-state index in [4.69, 9.17) is 5.11 Å². The van der Waals surface area contributed by atoms with Crippen LogP contribution < -0.4 is 5.32 Å². The van der Waals surface area contributed by atoms with E-state index in [1.54, 1.807) is 19.2 Å². The Hall–Kier alpha value is -2.04. The maximum absolute atomic E-state index is 13.8. The molecule has 1 heterocycles. The second kappa shape index (κ2) is 4.45. The van der Waals surface area contributed by atoms with Gasteiger partial charge in [-0.05, 0) is 24.6 Å². The van der Waals surface area contributed by atoms with Crippen molar-refractivity contribution in [2.45, 2.75) is 13.3 Å². The highest BCUT2D eigenvalue weighted by Gasteiger charge is 2.11. The monoisotopic (exact) mass is 236 g/mol. The van der Waals surface area contributed by atoms with Gasteiger partial charge in [-0.2, -0.15) is 0 Å². The number of nitrogens with one attached hydrogen (secondary N) is 2. The molecule has 90 valence electrons. The van der Waals surface area contributed by atoms with Crippen LogP contribution in [-0.2, 0) is 4.79 Å². The van der Waals surface area contributed by atoms with Crippen LogP contribution in [0.4, 0.5) is 10.1 Å². The van der Waals surface area contributed by atoms with Gasteiger partial charge in [0.1, 0.15) is 5.82 Å². The minimum atomic E-state index is -0.906. The molecule has 0 saturated heterocycles. The number of benzene rings is 1. The number of aliphatic carboxylic acids is 1. The van der Waals surface area contributed by atoms with E-state index in [1.807, 2.05) is 0 Å². The van der Waals surface area contributed by atoms with Crippen molar-refractivity contribution in [2.24, 2.45) is 0 Å². The lowest BCUT2D eigenvalue weighted by atomic mass is 10.1. The average Bonchev–Trinajstić information content (AvgIpc) is 2.70. The summed E-state index contributed by atoms with van der Waals surface area (Å²) in [7, 11) is 0. The molecular formula is C12H13FN2O2. The summed E-state index contributed by atoms with van der Waals surface area (Å²) in [5.74, 6) is -1.27. The first-order valence-electron chi connectivity index (χ1n) is 5.31. The van der Waals surface area contributed by atoms with Crippen LogP contribution in [0, 0.1) is 12.7 Å². The number of aromatic amines is 1. The molecule has 0 fully saturated rings. The quantitative estimate of drug-likeness (QED) is 0.764. The average molecular weight is 236 g/mol. The first kappa shape index (κ1) is 11.4. The van der Waals surface area contributed by atoms with E-state index in [-0.39, 0.29) is 18.8 Å². The fourth-order valence-corrected chi connectivity index (χ4v) is 1.85. The molecule has 5 heteroatoms. The molecule has 2 rings (SSSR count). The van der Waals surface area contributed by atoms with Crippen LogP contribution in [0.3, 0.4) is 0 Å². The van der Waals surface area contributed by atoms with E-state index in [0.29, 0.717) is 5.69 Å². The molecule has 0 aliphatic rings. The van der Waals surface area contributed by atoms with Crippen molar-refractivity contribution in [1.29, 1.82) is 0 Å². The number of anilines is 1. The number of carboxylic acids is 1. The Labute approximate surface area is 97.5 Å². The van der Waals surface area contributed by atoms with Crippen molar-refractivity contribution in [3.63, 3.8) is 0 Å². The number of rotatable bonds is 4. The van der Waals surface area contributed by atoms with Crippen molar-refractivity contribution >= 4 is 22.6 Å². The Bertz CT molecular complexity index is 563. The van der Waals surface area contributed by atoms with Gasteiger partial charge in [-0.15, -0.1) is 0 Å². The third-order valence-electron chi connectivity index (χ3n) is 2.69. The van der Waals surface area contributed by atoms with Crippen molar-refractivity contribution < 1.29 is 14.3 Å². The molecule has 3 N–H and O–H groups in total. The number of halogens is 1. The van der Waals surface area contributed by atoms with Gasteiger partial charge < -0.3 is 15.4 Å². The number of aryl methyl sites for hydroxylation is 1. The third-order valence-corrected chi connectivity index (χ3v) is 2.69. The van der Waals surface area contributed by atoms with Crippen molar-refractivity contribution in [3.8, 4) is 0 Å². The van der Waals surface area contributed by atoms with Gasteiger partial charge in [0.15, 0.2) is 0 Å². The smallest absolute Gasteiger partial charge is 0.305 e. The van der Waals surface area contributed by atoms with Gasteiger partial charge >= 0.3 is 5.97 Å². The first-order valence-corrected chi connectivity index (χ1v) is 5.31. The zero-order valence-electron chi connectivity index (χ0n) is 9.38. The van der Waals surface area contributed by atoms with Crippen LogP contribution >= 0.6 is 0 Å². The molecule has 17 heavy (non-hydrogen) atoms. The third kappa shape index (κ3) is 2.22. The molecule has 1 aromatic carbocycles. The number of carboxylic acid groups (broad SMARTS) is 1. The number of hydrogen-bond donors (Lipinski definition) is 3. The molecule has 0 atom stereocenters. The minimum absolute atomic E-state index is 0.0400. The van der Waals surface area contributed by atoms with Gasteiger partial charge in [0.05, 0.1) is 17.6 Å². The van der Waals surface area contributed by atoms with E-state index >= 15 is 0 Å². The van der Waals surface area contributed by atoms with Crippen LogP contribution in [-0.4, -0.2) is 22.6 Å². The predicted molar refractivity (Wildman–Crippen MR) is 63.7 cm³/mol. The van der Waals surface area contributed by atoms with E-state index in [2.05, 4.69) is 10.3 Å². The van der Waals surface area contributed by atoms with E-state index < -0.39 is 5.97 Å². The Morgan fingerprint density at radius 1 is 1.59 bits per heavy atom. The molecule has 0 aliphatic carbocycles. The SMILES string of the molecule is Cc1c(NCCC(=O)O)c(F)cc2cc[nH]c12. The molecule has 0 aliphatic heterocycles. The number of hydrogen-bond acceptors (Lipinski definition) is 2. The van der Waals surface area contributed by atoms with Gasteiger partial charge in [0.25, 0.3) is 0 Å². The molecule has 0 radical (unpaired) electrons. The summed E-state index contributed by atoms with van der Waals surface area (Å²) in [5, 5.41) is 12.2. The zero-order chi connectivity index (χ0) is 12.4. The number of carbonyl (C=O) groups is 1. The number of H-pyrrole nitrogens is 1. The van der Waals surface area contributed by atoms with Crippen molar-refractivity contribution in [3.05, 3.63) is 29.7 Å². The van der Waals surface area contributed by atoms with Crippen molar-refractivity contribution in [2.75, 3.05) is 11.9 Å². The molecule has 4 nitrogen and oxygen atoms in total. The molecule has 0 amide bonds. The largest absolute Gasteiger partial charge is 0.481 e. The second-order valence-electron chi connectivity index (χ2n) is 3.87. The normalized spacial score (nSPS) is 10.7. The Kier molecular flexibility index (Phi) is 2.99. The standard InChI is InChI=1S/C12H13FN2O2/c1-7-11-8(2-4-14-11)6-9(13)12(7)15-5-3-10(16)17/h2,4,6,14-15H,3,5H2,1H3,(H,16,17). The maximum Gasteiger partial charge on any atom is 0.305 e. The summed E-state index contributed by atoms with van der Waals surface area (Å²) in [4.78, 5) is 13.4. The Balaban J connectivity index is 2.29. The van der Waals surface area contributed by atoms with Gasteiger partial charge in [-0.1, -0.05) is 0 Å². The van der Waals surface area contributed by atoms with Crippen molar-refractivity contribution in [1.82, 2.24) is 4.98 Å². The lowest BCUT2D eigenvalue weighted by Crippen LogP contribution is -2.09. The maximum atomic E-state index is 13.8. The first-order chi connectivity index (χ1) is 8.09. The van der Waals surface area contributed by atoms with Crippen LogP contribution in [0.1, 0.15) is 12.0 Å². The summed E-state index contributed by atoms with van der Waals surface area (Å²) in [5.41, 5.74) is 1.99. The van der Waals surface area contributed by atoms with Crippen LogP contribution in [0.5, 0.6) is 0 Å². The summed E-state index contributed by atoms with van der Waals surface area (Å²) in [6.45, 7) is 2.00. The van der Waals surface area contributed by atoms with Crippen LogP contribution in [0.25, 0.3) is 10.9 Å². The summed E-state index contributed by atoms with van der Waals surface area (Å²) in [6, 6.07) is 3.23. The summed E-state index contributed by atoms with van der Waals surface area (Å²) >= 11 is 0. The fraction of sp³-hybridized carbons (Fsp3) is 0.250. The molecule has 2 aromatic rings. The van der Waals surface area contributed by atoms with Gasteiger partial charge in [-0.25, -0.2) is 4.39 Å². The fourth-order valence-electron chi connectivity index (χ4n) is 1.85. The molecule has 0 unspecified atom stereocenters. The Morgan fingerprint density at radius 3 is 3.06 bits per heavy atom. The van der Waals surface area contributed by atoms with Crippen LogP contribution in [0.2, 0.25) is 0 Å². The van der Waals surface area contributed by atoms with Gasteiger partial charge in [-0.3, -0.25) is 4.79 Å². The molecular weight excluding hydrogens is 223 g/mol. The highest BCUT2D eigenvalue weighted by molar-refractivity contribution is 5.87. The molecule has 0 spiro atoms. The highest BCUT2D eigenvalue weighted by atomic mass is 19.1. The second-order valence-corrected chi connectivity index (χ2v) is 3.87. The van der Waals surface area contributed by atoms with Gasteiger partial charge in [0, 0.05) is 18.1 Å². The van der Waals surface area contributed by atoms with Gasteiger partial charge in [0.2, 0.25) is 0 Å². The van der Waals surface area contributed by atoms with E-state index in [0.717, 1.165) is 16.5 Å². The van der Waals surface area contributed by atoms with E-state index in [1.165, 1.54) is 6.07 Å². The highest BCUT2D eigenvalue weighted by Crippen LogP contribution is 2.27. The lowest BCUT2D eigenvalue weighted by Gasteiger charge is -2.10. The molecule has 0 saturated carbocycles. The predicted octanol–water partition coefficient (Wildman–Crippen LogP) is 2.50. The molecule has 1 aromatic heterocycles. The van der Waals surface area contributed by atoms with Crippen LogP contribution in [0.15, 0.2) is 18.3 Å². The minimum Gasteiger partial charge on any atom is -0.481 e. The van der Waals surface area contributed by atoms with E-state index in [9.17, 15) is 9.18 Å². The summed E-state index contributed by atoms with van der Waals surface area (Å²) < 4.78 is 13.8. The zero-order valence-corrected chi connectivity index (χ0v) is 9.38. The lowest BCUT2D eigenvalue weighted by molar-refractivity contribution is -0.136. The molecule has 0 bridgehead atoms. The number of aromatic nitrogens is 1. The topological polar surface area (TPSA) is 65.1 Å². The number of fused-ring (bicyclic) bond motifs is 1. The summed E-state index contributed by atoms with van der Waals surface area (Å²) in [6.07, 6.45) is 1.71. The Morgan fingerprint density at radius 2 is 2.35 bits per heavy atom.